The molecular weight excluding hydrogens is 196 g/mol. The molecule has 0 aliphatic heterocycles. The molecule has 0 aromatic heterocycles. The van der Waals surface area contributed by atoms with Gasteiger partial charge in [-0.15, -0.1) is 6.42 Å². The van der Waals surface area contributed by atoms with Crippen molar-refractivity contribution in [3.8, 4) is 18.1 Å². The highest BCUT2D eigenvalue weighted by Crippen LogP contribution is 2.16. The molecule has 0 aliphatic rings. The van der Waals surface area contributed by atoms with E-state index >= 15 is 0 Å². The summed E-state index contributed by atoms with van der Waals surface area (Å²) in [4.78, 5) is 0. The van der Waals surface area contributed by atoms with Crippen LogP contribution in [0.5, 0.6) is 5.75 Å². The van der Waals surface area contributed by atoms with Crippen LogP contribution in [0.25, 0.3) is 0 Å². The van der Waals surface area contributed by atoms with E-state index in [4.69, 9.17) is 11.2 Å². The SMILES string of the molecule is C#Cc1ccc(OCCCCCC)cc1C. The standard InChI is InChI=1S/C15H20O/c1-4-6-7-8-11-16-15-10-9-14(5-2)13(3)12-15/h2,9-10,12H,4,6-8,11H2,1,3H3. The topological polar surface area (TPSA) is 9.23 Å². The molecule has 0 spiro atoms. The van der Waals surface area contributed by atoms with E-state index in [0.29, 0.717) is 0 Å². The number of unbranched alkanes of at least 4 members (excludes halogenated alkanes) is 3. The highest BCUT2D eigenvalue weighted by Gasteiger charge is 1.98. The number of aryl methyl sites for hydroxylation is 1. The van der Waals surface area contributed by atoms with Crippen molar-refractivity contribution in [1.82, 2.24) is 0 Å². The first-order valence-corrected chi connectivity index (χ1v) is 5.98. The van der Waals surface area contributed by atoms with Gasteiger partial charge in [0.25, 0.3) is 0 Å². The van der Waals surface area contributed by atoms with Crippen LogP contribution in [0.3, 0.4) is 0 Å². The van der Waals surface area contributed by atoms with Gasteiger partial charge in [-0.3, -0.25) is 0 Å². The average Bonchev–Trinajstić information content (AvgIpc) is 2.29. The second-order valence-electron chi connectivity index (χ2n) is 4.03. The Kier molecular flexibility index (Phi) is 5.50. The summed E-state index contributed by atoms with van der Waals surface area (Å²) in [6.07, 6.45) is 10.3. The number of hydrogen-bond acceptors (Lipinski definition) is 1. The monoisotopic (exact) mass is 216 g/mol. The Labute approximate surface area is 98.8 Å². The van der Waals surface area contributed by atoms with Crippen LogP contribution in [-0.4, -0.2) is 6.61 Å². The molecule has 0 amide bonds. The van der Waals surface area contributed by atoms with Gasteiger partial charge in [0.15, 0.2) is 0 Å². The third kappa shape index (κ3) is 3.98. The summed E-state index contributed by atoms with van der Waals surface area (Å²) in [6.45, 7) is 5.02. The van der Waals surface area contributed by atoms with Crippen LogP contribution >= 0.6 is 0 Å². The Bertz CT molecular complexity index is 360. The van der Waals surface area contributed by atoms with Crippen LogP contribution in [-0.2, 0) is 0 Å². The van der Waals surface area contributed by atoms with Crippen molar-refractivity contribution in [2.24, 2.45) is 0 Å². The Hall–Kier alpha value is -1.42. The van der Waals surface area contributed by atoms with Crippen LogP contribution in [0.1, 0.15) is 43.7 Å². The molecule has 1 aromatic rings. The lowest BCUT2D eigenvalue weighted by atomic mass is 10.1. The molecule has 0 heterocycles. The Morgan fingerprint density at radius 3 is 2.69 bits per heavy atom. The van der Waals surface area contributed by atoms with Gasteiger partial charge in [-0.05, 0) is 37.1 Å². The highest BCUT2D eigenvalue weighted by atomic mass is 16.5. The quantitative estimate of drug-likeness (QED) is 0.517. The van der Waals surface area contributed by atoms with Crippen molar-refractivity contribution in [3.05, 3.63) is 29.3 Å². The zero-order chi connectivity index (χ0) is 11.8. The molecule has 86 valence electrons. The van der Waals surface area contributed by atoms with Gasteiger partial charge in [0.1, 0.15) is 5.75 Å². The highest BCUT2D eigenvalue weighted by molar-refractivity contribution is 5.43. The van der Waals surface area contributed by atoms with Crippen molar-refractivity contribution in [1.29, 1.82) is 0 Å². The lowest BCUT2D eigenvalue weighted by molar-refractivity contribution is 0.305. The zero-order valence-corrected chi connectivity index (χ0v) is 10.3. The maximum Gasteiger partial charge on any atom is 0.119 e. The number of terminal acetylenes is 1. The van der Waals surface area contributed by atoms with Gasteiger partial charge < -0.3 is 4.74 Å². The summed E-state index contributed by atoms with van der Waals surface area (Å²) < 4.78 is 5.66. The number of benzene rings is 1. The van der Waals surface area contributed by atoms with E-state index < -0.39 is 0 Å². The average molecular weight is 216 g/mol. The second kappa shape index (κ2) is 6.95. The fourth-order valence-corrected chi connectivity index (χ4v) is 1.61. The van der Waals surface area contributed by atoms with Gasteiger partial charge in [0.2, 0.25) is 0 Å². The van der Waals surface area contributed by atoms with Crippen LogP contribution < -0.4 is 4.74 Å². The maximum atomic E-state index is 5.66. The van der Waals surface area contributed by atoms with E-state index in [2.05, 4.69) is 12.8 Å². The summed E-state index contributed by atoms with van der Waals surface area (Å²) in [5, 5.41) is 0. The summed E-state index contributed by atoms with van der Waals surface area (Å²) in [6, 6.07) is 5.90. The van der Waals surface area contributed by atoms with Gasteiger partial charge in [-0.25, -0.2) is 0 Å². The molecule has 16 heavy (non-hydrogen) atoms. The van der Waals surface area contributed by atoms with Gasteiger partial charge in [0.05, 0.1) is 6.61 Å². The molecular formula is C15H20O. The van der Waals surface area contributed by atoms with E-state index in [1.165, 1.54) is 19.3 Å². The second-order valence-corrected chi connectivity index (χ2v) is 4.03. The fraction of sp³-hybridized carbons (Fsp3) is 0.467. The van der Waals surface area contributed by atoms with Gasteiger partial charge in [-0.2, -0.15) is 0 Å². The van der Waals surface area contributed by atoms with Crippen LogP contribution in [0.15, 0.2) is 18.2 Å². The van der Waals surface area contributed by atoms with Gasteiger partial charge >= 0.3 is 0 Å². The smallest absolute Gasteiger partial charge is 0.119 e. The summed E-state index contributed by atoms with van der Waals surface area (Å²) in [5.41, 5.74) is 2.05. The Morgan fingerprint density at radius 2 is 2.06 bits per heavy atom. The number of rotatable bonds is 6. The molecule has 0 unspecified atom stereocenters. The predicted octanol–water partition coefficient (Wildman–Crippen LogP) is 3.94. The summed E-state index contributed by atoms with van der Waals surface area (Å²) >= 11 is 0. The van der Waals surface area contributed by atoms with Crippen LogP contribution in [0, 0.1) is 19.3 Å². The van der Waals surface area contributed by atoms with Crippen molar-refractivity contribution >= 4 is 0 Å². The molecule has 1 rings (SSSR count). The Morgan fingerprint density at radius 1 is 1.25 bits per heavy atom. The van der Waals surface area contributed by atoms with Gasteiger partial charge in [0, 0.05) is 5.56 Å². The molecule has 0 radical (unpaired) electrons. The molecule has 0 saturated heterocycles. The molecule has 1 aromatic carbocycles. The third-order valence-electron chi connectivity index (χ3n) is 2.62. The summed E-state index contributed by atoms with van der Waals surface area (Å²) in [5.74, 6) is 3.57. The molecule has 0 N–H and O–H groups in total. The Balaban J connectivity index is 2.38. The van der Waals surface area contributed by atoms with E-state index in [0.717, 1.165) is 29.9 Å². The van der Waals surface area contributed by atoms with Crippen LogP contribution in [0.4, 0.5) is 0 Å². The normalized spacial score (nSPS) is 9.81. The van der Waals surface area contributed by atoms with Crippen molar-refractivity contribution in [3.63, 3.8) is 0 Å². The molecule has 0 atom stereocenters. The van der Waals surface area contributed by atoms with Gasteiger partial charge in [-0.1, -0.05) is 32.1 Å². The first-order valence-electron chi connectivity index (χ1n) is 5.98. The third-order valence-corrected chi connectivity index (χ3v) is 2.62. The minimum absolute atomic E-state index is 0.800. The van der Waals surface area contributed by atoms with Crippen LogP contribution in [0.2, 0.25) is 0 Å². The number of ether oxygens (including phenoxy) is 1. The lowest BCUT2D eigenvalue weighted by Crippen LogP contribution is -1.97. The lowest BCUT2D eigenvalue weighted by Gasteiger charge is -2.07. The largest absolute Gasteiger partial charge is 0.494 e. The van der Waals surface area contributed by atoms with Crippen molar-refractivity contribution in [2.45, 2.75) is 39.5 Å². The first-order chi connectivity index (χ1) is 7.77. The van der Waals surface area contributed by atoms with E-state index in [1.54, 1.807) is 0 Å². The molecule has 0 aliphatic carbocycles. The zero-order valence-electron chi connectivity index (χ0n) is 10.3. The minimum Gasteiger partial charge on any atom is -0.494 e. The molecule has 0 saturated carbocycles. The molecule has 1 nitrogen and oxygen atoms in total. The molecule has 0 bridgehead atoms. The molecule has 1 heteroatoms. The van der Waals surface area contributed by atoms with E-state index in [9.17, 15) is 0 Å². The maximum absolute atomic E-state index is 5.66. The number of hydrogen-bond donors (Lipinski definition) is 0. The predicted molar refractivity (Wildman–Crippen MR) is 68.8 cm³/mol. The fourth-order valence-electron chi connectivity index (χ4n) is 1.61. The minimum atomic E-state index is 0.800. The van der Waals surface area contributed by atoms with E-state index in [1.807, 2.05) is 25.1 Å². The summed E-state index contributed by atoms with van der Waals surface area (Å²) in [7, 11) is 0. The van der Waals surface area contributed by atoms with Crippen molar-refractivity contribution in [2.75, 3.05) is 6.61 Å². The first kappa shape index (κ1) is 12.6. The molecule has 0 fully saturated rings. The van der Waals surface area contributed by atoms with E-state index in [-0.39, 0.29) is 0 Å². The van der Waals surface area contributed by atoms with Crippen molar-refractivity contribution < 1.29 is 4.74 Å².